The van der Waals surface area contributed by atoms with Gasteiger partial charge >= 0.3 is 0 Å². The van der Waals surface area contributed by atoms with Crippen LogP contribution >= 0.6 is 0 Å². The third kappa shape index (κ3) is 3.81. The summed E-state index contributed by atoms with van der Waals surface area (Å²) in [5.74, 6) is 0.702. The molecule has 0 atom stereocenters. The molecule has 0 saturated carbocycles. The molecule has 4 nitrogen and oxygen atoms in total. The Morgan fingerprint density at radius 2 is 1.72 bits per heavy atom. The zero-order valence-corrected chi connectivity index (χ0v) is 14.3. The molecule has 2 heterocycles. The van der Waals surface area contributed by atoms with E-state index in [0.717, 1.165) is 54.8 Å². The first kappa shape index (κ1) is 16.1. The minimum Gasteiger partial charge on any atom is -0.476 e. The SMILES string of the molecule is c1ccc(-c2nc(OCCN3CCNCC3)cc3ccccc23)cc1. The summed E-state index contributed by atoms with van der Waals surface area (Å²) in [5, 5.41) is 5.69. The van der Waals surface area contributed by atoms with Crippen molar-refractivity contribution in [3.05, 3.63) is 60.7 Å². The van der Waals surface area contributed by atoms with E-state index in [0.29, 0.717) is 12.5 Å². The van der Waals surface area contributed by atoms with Gasteiger partial charge in [-0.05, 0) is 5.39 Å². The van der Waals surface area contributed by atoms with Crippen LogP contribution in [0.5, 0.6) is 5.88 Å². The molecule has 0 radical (unpaired) electrons. The molecule has 2 aromatic carbocycles. The highest BCUT2D eigenvalue weighted by Gasteiger charge is 2.11. The van der Waals surface area contributed by atoms with Crippen LogP contribution in [-0.2, 0) is 0 Å². The first-order valence-corrected chi connectivity index (χ1v) is 8.91. The highest BCUT2D eigenvalue weighted by molar-refractivity contribution is 5.95. The Bertz CT molecular complexity index is 829. The number of nitrogens with one attached hydrogen (secondary N) is 1. The Morgan fingerprint density at radius 1 is 0.960 bits per heavy atom. The number of aromatic nitrogens is 1. The van der Waals surface area contributed by atoms with E-state index >= 15 is 0 Å². The lowest BCUT2D eigenvalue weighted by Gasteiger charge is -2.26. The van der Waals surface area contributed by atoms with Crippen LogP contribution in [0.1, 0.15) is 0 Å². The van der Waals surface area contributed by atoms with Crippen molar-refractivity contribution in [1.29, 1.82) is 0 Å². The Kier molecular flexibility index (Phi) is 4.91. The standard InChI is InChI=1S/C21H23N3O/c1-2-6-17(7-3-1)21-19-9-5-4-8-18(19)16-20(23-21)25-15-14-24-12-10-22-11-13-24/h1-9,16,22H,10-15H2. The Labute approximate surface area is 148 Å². The zero-order valence-electron chi connectivity index (χ0n) is 14.3. The maximum atomic E-state index is 6.01. The maximum Gasteiger partial charge on any atom is 0.214 e. The molecule has 1 N–H and O–H groups in total. The largest absolute Gasteiger partial charge is 0.476 e. The van der Waals surface area contributed by atoms with E-state index in [4.69, 9.17) is 9.72 Å². The molecule has 0 bridgehead atoms. The minimum absolute atomic E-state index is 0.666. The average molecular weight is 333 g/mol. The summed E-state index contributed by atoms with van der Waals surface area (Å²) in [6, 6.07) is 20.7. The second-order valence-corrected chi connectivity index (χ2v) is 6.34. The zero-order chi connectivity index (χ0) is 16.9. The number of piperazine rings is 1. The van der Waals surface area contributed by atoms with E-state index < -0.39 is 0 Å². The molecule has 0 unspecified atom stereocenters. The Hall–Kier alpha value is -2.43. The fourth-order valence-electron chi connectivity index (χ4n) is 3.28. The van der Waals surface area contributed by atoms with Gasteiger partial charge in [-0.15, -0.1) is 0 Å². The van der Waals surface area contributed by atoms with Crippen LogP contribution in [0.15, 0.2) is 60.7 Å². The molecule has 1 aromatic heterocycles. The van der Waals surface area contributed by atoms with Crippen LogP contribution in [0.25, 0.3) is 22.0 Å². The van der Waals surface area contributed by atoms with Gasteiger partial charge in [0.1, 0.15) is 6.61 Å². The van der Waals surface area contributed by atoms with E-state index in [-0.39, 0.29) is 0 Å². The summed E-state index contributed by atoms with van der Waals surface area (Å²) >= 11 is 0. The Balaban J connectivity index is 1.57. The number of hydrogen-bond acceptors (Lipinski definition) is 4. The van der Waals surface area contributed by atoms with Crippen LogP contribution in [0.3, 0.4) is 0 Å². The van der Waals surface area contributed by atoms with E-state index in [9.17, 15) is 0 Å². The minimum atomic E-state index is 0.666. The summed E-state index contributed by atoms with van der Waals surface area (Å²) in [4.78, 5) is 7.23. The third-order valence-corrected chi connectivity index (χ3v) is 4.63. The fourth-order valence-corrected chi connectivity index (χ4v) is 3.28. The normalized spacial score (nSPS) is 15.4. The summed E-state index contributed by atoms with van der Waals surface area (Å²) < 4.78 is 6.01. The molecule has 25 heavy (non-hydrogen) atoms. The molecule has 4 rings (SSSR count). The van der Waals surface area contributed by atoms with Gasteiger partial charge in [0.05, 0.1) is 5.69 Å². The number of nitrogens with zero attached hydrogens (tertiary/aromatic N) is 2. The van der Waals surface area contributed by atoms with Gasteiger partial charge < -0.3 is 10.1 Å². The lowest BCUT2D eigenvalue weighted by Crippen LogP contribution is -2.44. The van der Waals surface area contributed by atoms with Gasteiger partial charge in [0.2, 0.25) is 5.88 Å². The van der Waals surface area contributed by atoms with Crippen molar-refractivity contribution >= 4 is 10.8 Å². The van der Waals surface area contributed by atoms with Gasteiger partial charge in [0, 0.05) is 49.7 Å². The van der Waals surface area contributed by atoms with E-state index in [1.54, 1.807) is 0 Å². The molecule has 4 heteroatoms. The third-order valence-electron chi connectivity index (χ3n) is 4.63. The first-order chi connectivity index (χ1) is 12.4. The number of ether oxygens (including phenoxy) is 1. The van der Waals surface area contributed by atoms with Crippen molar-refractivity contribution in [3.8, 4) is 17.1 Å². The van der Waals surface area contributed by atoms with Crippen LogP contribution in [0, 0.1) is 0 Å². The number of pyridine rings is 1. The van der Waals surface area contributed by atoms with Crippen molar-refractivity contribution in [3.63, 3.8) is 0 Å². The molecule has 128 valence electrons. The predicted molar refractivity (Wildman–Crippen MR) is 102 cm³/mol. The van der Waals surface area contributed by atoms with Crippen LogP contribution < -0.4 is 10.1 Å². The van der Waals surface area contributed by atoms with Gasteiger partial charge in [-0.2, -0.15) is 0 Å². The number of rotatable bonds is 5. The van der Waals surface area contributed by atoms with Gasteiger partial charge in [-0.3, -0.25) is 4.90 Å². The summed E-state index contributed by atoms with van der Waals surface area (Å²) in [7, 11) is 0. The molecule has 0 aliphatic carbocycles. The van der Waals surface area contributed by atoms with Crippen molar-refractivity contribution < 1.29 is 4.74 Å². The number of hydrogen-bond donors (Lipinski definition) is 1. The van der Waals surface area contributed by atoms with Gasteiger partial charge in [-0.25, -0.2) is 4.98 Å². The molecule has 0 amide bonds. The lowest BCUT2D eigenvalue weighted by molar-refractivity contribution is 0.188. The topological polar surface area (TPSA) is 37.4 Å². The molecule has 1 fully saturated rings. The predicted octanol–water partition coefficient (Wildman–Crippen LogP) is 3.19. The number of fused-ring (bicyclic) bond motifs is 1. The Morgan fingerprint density at radius 3 is 2.56 bits per heavy atom. The van der Waals surface area contributed by atoms with Crippen LogP contribution in [-0.4, -0.2) is 49.2 Å². The van der Waals surface area contributed by atoms with Gasteiger partial charge in [0.25, 0.3) is 0 Å². The highest BCUT2D eigenvalue weighted by Crippen LogP contribution is 2.29. The van der Waals surface area contributed by atoms with Crippen molar-refractivity contribution in [2.75, 3.05) is 39.3 Å². The van der Waals surface area contributed by atoms with E-state index in [1.165, 1.54) is 0 Å². The fraction of sp³-hybridized carbons (Fsp3) is 0.286. The first-order valence-electron chi connectivity index (χ1n) is 8.91. The van der Waals surface area contributed by atoms with Crippen molar-refractivity contribution in [2.45, 2.75) is 0 Å². The maximum absolute atomic E-state index is 6.01. The second-order valence-electron chi connectivity index (χ2n) is 6.34. The van der Waals surface area contributed by atoms with Crippen molar-refractivity contribution in [2.24, 2.45) is 0 Å². The monoisotopic (exact) mass is 333 g/mol. The second kappa shape index (κ2) is 7.64. The lowest BCUT2D eigenvalue weighted by atomic mass is 10.0. The molecular weight excluding hydrogens is 310 g/mol. The van der Waals surface area contributed by atoms with E-state index in [2.05, 4.69) is 46.6 Å². The summed E-state index contributed by atoms with van der Waals surface area (Å²) in [5.41, 5.74) is 2.10. The summed E-state index contributed by atoms with van der Waals surface area (Å²) in [6.45, 7) is 5.91. The smallest absolute Gasteiger partial charge is 0.214 e. The molecule has 1 saturated heterocycles. The molecular formula is C21H23N3O. The van der Waals surface area contributed by atoms with E-state index in [1.807, 2.05) is 24.3 Å². The molecule has 0 spiro atoms. The van der Waals surface area contributed by atoms with Crippen molar-refractivity contribution in [1.82, 2.24) is 15.2 Å². The average Bonchev–Trinajstić information content (AvgIpc) is 2.69. The molecule has 3 aromatic rings. The molecule has 1 aliphatic heterocycles. The molecule has 1 aliphatic rings. The van der Waals surface area contributed by atoms with Gasteiger partial charge in [-0.1, -0.05) is 54.6 Å². The van der Waals surface area contributed by atoms with Crippen LogP contribution in [0.2, 0.25) is 0 Å². The summed E-state index contributed by atoms with van der Waals surface area (Å²) in [6.07, 6.45) is 0. The van der Waals surface area contributed by atoms with Crippen LogP contribution in [0.4, 0.5) is 0 Å². The van der Waals surface area contributed by atoms with Gasteiger partial charge in [0.15, 0.2) is 0 Å². The quantitative estimate of drug-likeness (QED) is 0.778. The number of benzene rings is 2. The highest BCUT2D eigenvalue weighted by atomic mass is 16.5.